The molecule has 0 saturated carbocycles. The summed E-state index contributed by atoms with van der Waals surface area (Å²) in [5, 5.41) is 0. The van der Waals surface area contributed by atoms with Crippen LogP contribution in [0.25, 0.3) is 0 Å². The van der Waals surface area contributed by atoms with Crippen LogP contribution >= 0.6 is 0 Å². The summed E-state index contributed by atoms with van der Waals surface area (Å²) in [5.74, 6) is 0. The van der Waals surface area contributed by atoms with E-state index in [2.05, 4.69) is 39.6 Å². The molecule has 0 radical (unpaired) electrons. The lowest BCUT2D eigenvalue weighted by molar-refractivity contribution is -0.0679. The van der Waals surface area contributed by atoms with Gasteiger partial charge in [0.15, 0.2) is 19.5 Å². The molecule has 0 bridgehead atoms. The van der Waals surface area contributed by atoms with Crippen LogP contribution in [-0.4, -0.2) is 83.2 Å². The molecule has 0 aliphatic heterocycles. The van der Waals surface area contributed by atoms with Gasteiger partial charge in [-0.2, -0.15) is 0 Å². The summed E-state index contributed by atoms with van der Waals surface area (Å²) in [6.45, 7) is 12.2. The van der Waals surface area contributed by atoms with Crippen molar-refractivity contribution >= 4 is 19.5 Å². The number of nitrogens with zero attached hydrogens (tertiary/aromatic N) is 1. The third-order valence-electron chi connectivity index (χ3n) is 4.27. The summed E-state index contributed by atoms with van der Waals surface area (Å²) >= 11 is 0. The molecule has 0 heterocycles. The van der Waals surface area contributed by atoms with Crippen molar-refractivity contribution in [3.63, 3.8) is 0 Å². The van der Waals surface area contributed by atoms with E-state index in [9.17, 15) is 0 Å². The fourth-order valence-electron chi connectivity index (χ4n) is 3.19. The van der Waals surface area contributed by atoms with Gasteiger partial charge in [-0.15, -0.1) is 0 Å². The lowest BCUT2D eigenvalue weighted by Gasteiger charge is -2.35. The van der Waals surface area contributed by atoms with Crippen molar-refractivity contribution in [2.75, 3.05) is 47.6 Å². The molecule has 0 amide bonds. The highest BCUT2D eigenvalue weighted by molar-refractivity contribution is 6.27. The smallest absolute Gasteiger partial charge is 0.161 e. The van der Waals surface area contributed by atoms with Crippen LogP contribution in [0.3, 0.4) is 0 Å². The van der Waals surface area contributed by atoms with Crippen molar-refractivity contribution in [3.8, 4) is 0 Å². The first-order valence-corrected chi connectivity index (χ1v) is 13.3. The second kappa shape index (κ2) is 15.2. The van der Waals surface area contributed by atoms with Crippen LogP contribution in [0.1, 0.15) is 53.4 Å². The van der Waals surface area contributed by atoms with Crippen molar-refractivity contribution in [1.29, 1.82) is 0 Å². The molecule has 0 atom stereocenters. The Morgan fingerprint density at radius 1 is 0.692 bits per heavy atom. The molecule has 0 aromatic rings. The first-order valence-electron chi connectivity index (χ1n) is 10.2. The van der Waals surface area contributed by atoms with E-state index >= 15 is 0 Å². The minimum absolute atomic E-state index is 0.131. The highest BCUT2D eigenvalue weighted by atomic mass is 28.2. The molecular formula is C19H45NO4Si2. The molecule has 0 aliphatic rings. The number of ether oxygens (including phenoxy) is 2. The van der Waals surface area contributed by atoms with E-state index in [4.69, 9.17) is 18.3 Å². The SMILES string of the molecule is CO[SiH2]CCCCOC(C)(C)CN(C)CC(C)(C)OCCCC[SiH2]OC. The van der Waals surface area contributed by atoms with Gasteiger partial charge in [-0.1, -0.05) is 12.8 Å². The Hall–Kier alpha value is 0.234. The molecule has 0 unspecified atom stereocenters. The van der Waals surface area contributed by atoms with E-state index in [1.165, 1.54) is 24.9 Å². The molecule has 0 spiro atoms. The Labute approximate surface area is 167 Å². The monoisotopic (exact) mass is 407 g/mol. The van der Waals surface area contributed by atoms with E-state index in [1.807, 2.05) is 14.2 Å². The molecule has 0 fully saturated rings. The molecule has 158 valence electrons. The molecule has 5 nitrogen and oxygen atoms in total. The number of hydrogen-bond donors (Lipinski definition) is 0. The Balaban J connectivity index is 3.94. The van der Waals surface area contributed by atoms with E-state index in [-0.39, 0.29) is 30.7 Å². The molecule has 0 saturated heterocycles. The van der Waals surface area contributed by atoms with Gasteiger partial charge in [0.2, 0.25) is 0 Å². The molecule has 0 aromatic heterocycles. The lowest BCUT2D eigenvalue weighted by Crippen LogP contribution is -2.45. The van der Waals surface area contributed by atoms with E-state index in [1.54, 1.807) is 0 Å². The summed E-state index contributed by atoms with van der Waals surface area (Å²) in [4.78, 5) is 2.33. The zero-order valence-corrected chi connectivity index (χ0v) is 21.4. The normalized spacial score (nSPS) is 13.8. The molecule has 0 rings (SSSR count). The molecule has 0 aliphatic carbocycles. The van der Waals surface area contributed by atoms with E-state index in [0.717, 1.165) is 39.1 Å². The van der Waals surface area contributed by atoms with E-state index in [0.29, 0.717) is 0 Å². The Bertz CT molecular complexity index is 301. The van der Waals surface area contributed by atoms with Gasteiger partial charge in [0.05, 0.1) is 11.2 Å². The minimum Gasteiger partial charge on any atom is -0.427 e. The van der Waals surface area contributed by atoms with Crippen LogP contribution in [0.4, 0.5) is 0 Å². The number of rotatable bonds is 18. The van der Waals surface area contributed by atoms with Crippen molar-refractivity contribution in [1.82, 2.24) is 4.90 Å². The average molecular weight is 408 g/mol. The average Bonchev–Trinajstić information content (AvgIpc) is 2.52. The number of hydrogen-bond acceptors (Lipinski definition) is 5. The van der Waals surface area contributed by atoms with Gasteiger partial charge in [0.1, 0.15) is 0 Å². The Kier molecular flexibility index (Phi) is 15.3. The maximum atomic E-state index is 6.12. The topological polar surface area (TPSA) is 40.2 Å². The van der Waals surface area contributed by atoms with Gasteiger partial charge in [0, 0.05) is 40.5 Å². The summed E-state index contributed by atoms with van der Waals surface area (Å²) in [6, 6.07) is 2.50. The predicted molar refractivity (Wildman–Crippen MR) is 117 cm³/mol. The van der Waals surface area contributed by atoms with Crippen LogP contribution in [0, 0.1) is 0 Å². The van der Waals surface area contributed by atoms with Crippen LogP contribution in [0.2, 0.25) is 12.1 Å². The van der Waals surface area contributed by atoms with Crippen molar-refractivity contribution < 1.29 is 18.3 Å². The van der Waals surface area contributed by atoms with E-state index < -0.39 is 0 Å². The highest BCUT2D eigenvalue weighted by Crippen LogP contribution is 2.17. The molecule has 0 N–H and O–H groups in total. The standard InChI is InChI=1S/C19H45NO4Si2/c1-18(2,23-12-8-10-14-25-21-6)16-20(5)17-19(3,4)24-13-9-11-15-26-22-7/h8-17,25-26H2,1-7H3. The summed E-state index contributed by atoms with van der Waals surface area (Å²) in [5.41, 5.74) is -0.261. The quantitative estimate of drug-likeness (QED) is 0.258. The summed E-state index contributed by atoms with van der Waals surface area (Å²) in [6.07, 6.45) is 4.70. The van der Waals surface area contributed by atoms with Gasteiger partial charge in [0.25, 0.3) is 0 Å². The van der Waals surface area contributed by atoms with Crippen molar-refractivity contribution in [2.45, 2.75) is 76.7 Å². The molecular weight excluding hydrogens is 362 g/mol. The zero-order valence-electron chi connectivity index (χ0n) is 18.6. The van der Waals surface area contributed by atoms with Gasteiger partial charge in [-0.25, -0.2) is 0 Å². The maximum absolute atomic E-state index is 6.12. The molecule has 26 heavy (non-hydrogen) atoms. The molecule has 0 aromatic carbocycles. The Morgan fingerprint density at radius 3 is 1.42 bits per heavy atom. The third-order valence-corrected chi connectivity index (χ3v) is 6.67. The first-order chi connectivity index (χ1) is 12.2. The third kappa shape index (κ3) is 16.4. The fourth-order valence-corrected chi connectivity index (χ4v) is 4.89. The fraction of sp³-hybridized carbons (Fsp3) is 1.00. The Morgan fingerprint density at radius 2 is 1.08 bits per heavy atom. The summed E-state index contributed by atoms with van der Waals surface area (Å²) < 4.78 is 22.7. The minimum atomic E-state index is -0.274. The van der Waals surface area contributed by atoms with Crippen LogP contribution in [0.5, 0.6) is 0 Å². The van der Waals surface area contributed by atoms with Crippen LogP contribution < -0.4 is 0 Å². The van der Waals surface area contributed by atoms with Gasteiger partial charge < -0.3 is 23.2 Å². The zero-order chi connectivity index (χ0) is 19.9. The lowest BCUT2D eigenvalue weighted by atomic mass is 10.1. The molecule has 7 heteroatoms. The van der Waals surface area contributed by atoms with Gasteiger partial charge >= 0.3 is 0 Å². The number of likely N-dealkylation sites (N-methyl/N-ethyl adjacent to an activating group) is 1. The van der Waals surface area contributed by atoms with Crippen LogP contribution in [-0.2, 0) is 18.3 Å². The second-order valence-corrected chi connectivity index (χ2v) is 11.9. The predicted octanol–water partition coefficient (Wildman–Crippen LogP) is 2.37. The van der Waals surface area contributed by atoms with Gasteiger partial charge in [-0.3, -0.25) is 0 Å². The maximum Gasteiger partial charge on any atom is 0.161 e. The largest absolute Gasteiger partial charge is 0.427 e. The highest BCUT2D eigenvalue weighted by Gasteiger charge is 2.26. The van der Waals surface area contributed by atoms with Gasteiger partial charge in [-0.05, 0) is 59.7 Å². The summed E-state index contributed by atoms with van der Waals surface area (Å²) in [7, 11) is 5.24. The van der Waals surface area contributed by atoms with Crippen LogP contribution in [0.15, 0.2) is 0 Å². The first kappa shape index (κ1) is 26.2. The van der Waals surface area contributed by atoms with Crippen molar-refractivity contribution in [3.05, 3.63) is 0 Å². The second-order valence-electron chi connectivity index (χ2n) is 8.50. The van der Waals surface area contributed by atoms with Crippen molar-refractivity contribution in [2.24, 2.45) is 0 Å². The number of unbranched alkanes of at least 4 members (excludes halogenated alkanes) is 2.